The highest BCUT2D eigenvalue weighted by Crippen LogP contribution is 2.31. The summed E-state index contributed by atoms with van der Waals surface area (Å²) in [7, 11) is 0. The molecule has 31 heavy (non-hydrogen) atoms. The number of halogens is 1. The maximum absolute atomic E-state index is 13.4. The topological polar surface area (TPSA) is 57.1 Å². The van der Waals surface area contributed by atoms with Crippen LogP contribution in [0.15, 0.2) is 83.5 Å². The fraction of sp³-hybridized carbons (Fsp3) is 0.120. The second kappa shape index (κ2) is 9.26. The van der Waals surface area contributed by atoms with Gasteiger partial charge >= 0.3 is 5.97 Å². The van der Waals surface area contributed by atoms with E-state index in [4.69, 9.17) is 14.3 Å². The minimum Gasteiger partial charge on any atom is -0.490 e. The van der Waals surface area contributed by atoms with Crippen molar-refractivity contribution in [2.75, 3.05) is 6.61 Å². The van der Waals surface area contributed by atoms with E-state index < -0.39 is 5.97 Å². The number of ether oxygens (including phenoxy) is 2. The number of hydrogen-bond acceptors (Lipinski definition) is 5. The van der Waals surface area contributed by atoms with Crippen molar-refractivity contribution in [2.45, 2.75) is 13.5 Å². The van der Waals surface area contributed by atoms with Gasteiger partial charge in [0.15, 0.2) is 11.5 Å². The number of benzene rings is 3. The number of carbonyl (C=O) groups excluding carboxylic acids is 1. The van der Waals surface area contributed by atoms with Crippen molar-refractivity contribution in [1.82, 2.24) is 0 Å². The Bertz CT molecular complexity index is 1160. The van der Waals surface area contributed by atoms with Crippen molar-refractivity contribution in [3.63, 3.8) is 0 Å². The van der Waals surface area contributed by atoms with Crippen LogP contribution in [0.25, 0.3) is 6.08 Å². The molecule has 1 heterocycles. The fourth-order valence-electron chi connectivity index (χ4n) is 3.17. The summed E-state index contributed by atoms with van der Waals surface area (Å²) in [4.78, 5) is 17.1. The van der Waals surface area contributed by atoms with Crippen molar-refractivity contribution in [2.24, 2.45) is 5.16 Å². The van der Waals surface area contributed by atoms with Crippen molar-refractivity contribution in [1.29, 1.82) is 0 Å². The predicted octanol–water partition coefficient (Wildman–Crippen LogP) is 5.15. The summed E-state index contributed by atoms with van der Waals surface area (Å²) in [5.74, 6) is 0.229. The largest absolute Gasteiger partial charge is 0.490 e. The third-order valence-electron chi connectivity index (χ3n) is 4.60. The van der Waals surface area contributed by atoms with Crippen molar-refractivity contribution in [3.8, 4) is 11.5 Å². The summed E-state index contributed by atoms with van der Waals surface area (Å²) >= 11 is 0. The molecule has 1 aliphatic heterocycles. The summed E-state index contributed by atoms with van der Waals surface area (Å²) in [6.45, 7) is 2.51. The Hall–Kier alpha value is -3.93. The van der Waals surface area contributed by atoms with Crippen LogP contribution in [0.2, 0.25) is 0 Å². The molecule has 3 aromatic rings. The molecule has 1 aliphatic rings. The Kier molecular flexibility index (Phi) is 6.08. The summed E-state index contributed by atoms with van der Waals surface area (Å²) in [5, 5.41) is 3.92. The summed E-state index contributed by atoms with van der Waals surface area (Å²) in [6, 6.07) is 21.0. The molecule has 5 nitrogen and oxygen atoms in total. The minimum atomic E-state index is -0.511. The van der Waals surface area contributed by atoms with Crippen LogP contribution in [0.3, 0.4) is 0 Å². The van der Waals surface area contributed by atoms with Gasteiger partial charge < -0.3 is 14.3 Å². The molecule has 0 aliphatic carbocycles. The molecule has 0 saturated heterocycles. The van der Waals surface area contributed by atoms with Crippen LogP contribution in [-0.4, -0.2) is 18.3 Å². The smallest absolute Gasteiger partial charge is 0.368 e. The predicted molar refractivity (Wildman–Crippen MR) is 115 cm³/mol. The summed E-state index contributed by atoms with van der Waals surface area (Å²) < 4.78 is 24.9. The molecule has 6 heteroatoms. The zero-order valence-electron chi connectivity index (χ0n) is 16.9. The van der Waals surface area contributed by atoms with E-state index in [0.29, 0.717) is 35.0 Å². The fourth-order valence-corrected chi connectivity index (χ4v) is 3.17. The van der Waals surface area contributed by atoms with Gasteiger partial charge in [-0.05, 0) is 48.4 Å². The van der Waals surface area contributed by atoms with E-state index in [9.17, 15) is 9.18 Å². The number of hydrogen-bond donors (Lipinski definition) is 0. The molecule has 4 rings (SSSR count). The Labute approximate surface area is 179 Å². The van der Waals surface area contributed by atoms with Crippen molar-refractivity contribution in [3.05, 3.63) is 101 Å². The molecule has 0 amide bonds. The van der Waals surface area contributed by atoms with Crippen LogP contribution in [0.4, 0.5) is 4.39 Å². The molecule has 0 unspecified atom stereocenters. The average molecular weight is 417 g/mol. The lowest BCUT2D eigenvalue weighted by atomic mass is 10.0. The molecule has 0 radical (unpaired) electrons. The standard InChI is InChI=1S/C25H20FNO4/c1-2-29-23-15-17(11-12-22(23)30-16-18-7-6-10-20(26)13-18)14-21-24(27-31-25(21)28)19-8-4-3-5-9-19/h3-15H,2,16H2,1H3/b21-14-. The first-order valence-electron chi connectivity index (χ1n) is 9.85. The molecular formula is C25H20FNO4. The molecule has 0 fully saturated rings. The molecule has 0 N–H and O–H groups in total. The van der Waals surface area contributed by atoms with Crippen LogP contribution in [0.1, 0.15) is 23.6 Å². The first-order valence-corrected chi connectivity index (χ1v) is 9.85. The maximum Gasteiger partial charge on any atom is 0.368 e. The van der Waals surface area contributed by atoms with Crippen molar-refractivity contribution >= 4 is 17.8 Å². The Morgan fingerprint density at radius 1 is 0.968 bits per heavy atom. The Morgan fingerprint density at radius 2 is 1.81 bits per heavy atom. The number of rotatable bonds is 7. The number of carbonyl (C=O) groups is 1. The van der Waals surface area contributed by atoms with Gasteiger partial charge in [-0.3, -0.25) is 0 Å². The van der Waals surface area contributed by atoms with E-state index in [1.165, 1.54) is 12.1 Å². The maximum atomic E-state index is 13.4. The molecule has 3 aromatic carbocycles. The van der Waals surface area contributed by atoms with Gasteiger partial charge in [0.1, 0.15) is 18.1 Å². The van der Waals surface area contributed by atoms with E-state index in [1.807, 2.05) is 43.3 Å². The lowest BCUT2D eigenvalue weighted by Crippen LogP contribution is -2.06. The second-order valence-electron chi connectivity index (χ2n) is 6.80. The van der Waals surface area contributed by atoms with Gasteiger partial charge in [0.2, 0.25) is 0 Å². The lowest BCUT2D eigenvalue weighted by molar-refractivity contribution is -0.136. The van der Waals surface area contributed by atoms with Crippen LogP contribution in [-0.2, 0) is 16.2 Å². The van der Waals surface area contributed by atoms with Gasteiger partial charge in [0.25, 0.3) is 0 Å². The van der Waals surface area contributed by atoms with Gasteiger partial charge in [-0.25, -0.2) is 9.18 Å². The zero-order valence-corrected chi connectivity index (χ0v) is 16.9. The molecule has 0 bridgehead atoms. The third kappa shape index (κ3) is 4.80. The average Bonchev–Trinajstić information content (AvgIpc) is 3.14. The van der Waals surface area contributed by atoms with Crippen LogP contribution in [0, 0.1) is 5.82 Å². The number of nitrogens with zero attached hydrogens (tertiary/aromatic N) is 1. The first kappa shape index (κ1) is 20.3. The highest BCUT2D eigenvalue weighted by atomic mass is 19.1. The molecular weight excluding hydrogens is 397 g/mol. The molecule has 0 saturated carbocycles. The third-order valence-corrected chi connectivity index (χ3v) is 4.60. The van der Waals surface area contributed by atoms with Crippen LogP contribution >= 0.6 is 0 Å². The van der Waals surface area contributed by atoms with Gasteiger partial charge in [-0.15, -0.1) is 0 Å². The summed E-state index contributed by atoms with van der Waals surface area (Å²) in [5.41, 5.74) is 3.09. The van der Waals surface area contributed by atoms with Gasteiger partial charge in [0, 0.05) is 5.56 Å². The second-order valence-corrected chi connectivity index (χ2v) is 6.80. The quantitative estimate of drug-likeness (QED) is 0.394. The number of oxime groups is 1. The van der Waals surface area contributed by atoms with Gasteiger partial charge in [0.05, 0.1) is 12.2 Å². The molecule has 0 spiro atoms. The Balaban J connectivity index is 1.59. The monoisotopic (exact) mass is 417 g/mol. The molecule has 0 aromatic heterocycles. The normalized spacial score (nSPS) is 14.3. The van der Waals surface area contributed by atoms with Gasteiger partial charge in [-0.2, -0.15) is 0 Å². The SMILES string of the molecule is CCOc1cc(/C=C2\C(=O)ON=C2c2ccccc2)ccc1OCc1cccc(F)c1. The molecule has 0 atom stereocenters. The van der Waals surface area contributed by atoms with E-state index in [-0.39, 0.29) is 12.4 Å². The van der Waals surface area contributed by atoms with Gasteiger partial charge in [-0.1, -0.05) is 53.7 Å². The molecule has 156 valence electrons. The van der Waals surface area contributed by atoms with E-state index in [0.717, 1.165) is 11.1 Å². The van der Waals surface area contributed by atoms with Crippen molar-refractivity contribution < 1.29 is 23.5 Å². The summed E-state index contributed by atoms with van der Waals surface area (Å²) in [6.07, 6.45) is 1.71. The highest BCUT2D eigenvalue weighted by molar-refractivity contribution is 6.31. The lowest BCUT2D eigenvalue weighted by Gasteiger charge is -2.13. The van der Waals surface area contributed by atoms with E-state index in [1.54, 1.807) is 30.3 Å². The minimum absolute atomic E-state index is 0.204. The highest BCUT2D eigenvalue weighted by Gasteiger charge is 2.26. The van der Waals surface area contributed by atoms with E-state index in [2.05, 4.69) is 5.16 Å². The first-order chi connectivity index (χ1) is 15.1. The Morgan fingerprint density at radius 3 is 2.58 bits per heavy atom. The zero-order chi connectivity index (χ0) is 21.6. The van der Waals surface area contributed by atoms with E-state index >= 15 is 0 Å². The van der Waals surface area contributed by atoms with Crippen LogP contribution < -0.4 is 9.47 Å². The van der Waals surface area contributed by atoms with Crippen LogP contribution in [0.5, 0.6) is 11.5 Å².